The molecule has 0 aliphatic carbocycles. The van der Waals surface area contributed by atoms with Crippen LogP contribution in [0.1, 0.15) is 36.1 Å². The molecular formula is C17H21ClN2. The Bertz CT molecular complexity index is 540. The maximum atomic E-state index is 6.48. The molecular weight excluding hydrogens is 268 g/mol. The highest BCUT2D eigenvalue weighted by Gasteiger charge is 2.15. The van der Waals surface area contributed by atoms with Gasteiger partial charge in [0.15, 0.2) is 0 Å². The molecule has 0 aliphatic heterocycles. The number of halogens is 1. The first-order valence-corrected chi connectivity index (χ1v) is 7.47. The lowest BCUT2D eigenvalue weighted by molar-refractivity contribution is 0.529. The highest BCUT2D eigenvalue weighted by atomic mass is 35.5. The first-order valence-electron chi connectivity index (χ1n) is 7.09. The van der Waals surface area contributed by atoms with Crippen LogP contribution in [0, 0.1) is 6.92 Å². The van der Waals surface area contributed by atoms with Crippen LogP contribution in [0.25, 0.3) is 0 Å². The summed E-state index contributed by atoms with van der Waals surface area (Å²) in [5.74, 6) is 0. The number of hydrogen-bond donors (Lipinski definition) is 1. The molecule has 0 spiro atoms. The van der Waals surface area contributed by atoms with E-state index in [2.05, 4.69) is 54.5 Å². The van der Waals surface area contributed by atoms with E-state index in [1.807, 2.05) is 12.4 Å². The Morgan fingerprint density at radius 3 is 2.65 bits per heavy atom. The summed E-state index contributed by atoms with van der Waals surface area (Å²) in [4.78, 5) is 4.07. The van der Waals surface area contributed by atoms with Gasteiger partial charge in [-0.25, -0.2) is 0 Å². The zero-order valence-corrected chi connectivity index (χ0v) is 12.8. The summed E-state index contributed by atoms with van der Waals surface area (Å²) >= 11 is 6.48. The van der Waals surface area contributed by atoms with Crippen LogP contribution < -0.4 is 5.32 Å². The number of nitrogens with zero attached hydrogens (tertiary/aromatic N) is 1. The molecule has 106 valence electrons. The number of nitrogens with one attached hydrogen (secondary N) is 1. The second-order valence-corrected chi connectivity index (χ2v) is 5.42. The molecule has 20 heavy (non-hydrogen) atoms. The van der Waals surface area contributed by atoms with Crippen LogP contribution in [0.3, 0.4) is 0 Å². The number of aryl methyl sites for hydroxylation is 1. The molecule has 2 nitrogen and oxygen atoms in total. The molecule has 3 heteroatoms. The molecule has 1 aromatic heterocycles. The predicted molar refractivity (Wildman–Crippen MR) is 85.2 cm³/mol. The van der Waals surface area contributed by atoms with Crippen molar-refractivity contribution in [2.45, 2.75) is 32.7 Å². The van der Waals surface area contributed by atoms with Gasteiger partial charge in [0.2, 0.25) is 0 Å². The van der Waals surface area contributed by atoms with Gasteiger partial charge in [0.05, 0.1) is 0 Å². The van der Waals surface area contributed by atoms with Crippen molar-refractivity contribution < 1.29 is 0 Å². The summed E-state index contributed by atoms with van der Waals surface area (Å²) < 4.78 is 0. The molecule has 0 saturated heterocycles. The van der Waals surface area contributed by atoms with Crippen LogP contribution in [-0.2, 0) is 6.42 Å². The first-order chi connectivity index (χ1) is 9.72. The fourth-order valence-corrected chi connectivity index (χ4v) is 2.56. The summed E-state index contributed by atoms with van der Waals surface area (Å²) in [7, 11) is 0. The molecule has 0 saturated carbocycles. The topological polar surface area (TPSA) is 24.9 Å². The Labute approximate surface area is 126 Å². The molecule has 1 heterocycles. The first kappa shape index (κ1) is 15.0. The Morgan fingerprint density at radius 2 is 1.95 bits per heavy atom. The van der Waals surface area contributed by atoms with E-state index in [0.29, 0.717) is 0 Å². The standard InChI is InChI=1S/C17H21ClN2/c1-3-9-20-16(12-14-7-10-19-11-8-14)15-6-4-5-13(2)17(15)18/h4-8,10-11,16,20H,3,9,12H2,1-2H3. The molecule has 0 aliphatic rings. The van der Waals surface area contributed by atoms with Gasteiger partial charge < -0.3 is 5.32 Å². The molecule has 0 amide bonds. The Kier molecular flexibility index (Phi) is 5.57. The average Bonchev–Trinajstić information content (AvgIpc) is 2.48. The third-order valence-corrected chi connectivity index (χ3v) is 3.94. The van der Waals surface area contributed by atoms with Gasteiger partial charge in [0, 0.05) is 23.5 Å². The Balaban J connectivity index is 2.25. The minimum atomic E-state index is 0.241. The van der Waals surface area contributed by atoms with Crippen molar-refractivity contribution >= 4 is 11.6 Å². The Hall–Kier alpha value is -1.38. The molecule has 0 radical (unpaired) electrons. The molecule has 1 aromatic carbocycles. The fraction of sp³-hybridized carbons (Fsp3) is 0.353. The molecule has 0 bridgehead atoms. The van der Waals surface area contributed by atoms with Crippen LogP contribution in [-0.4, -0.2) is 11.5 Å². The number of aromatic nitrogens is 1. The molecule has 2 rings (SSSR count). The van der Waals surface area contributed by atoms with E-state index in [9.17, 15) is 0 Å². The van der Waals surface area contributed by atoms with Gasteiger partial charge in [0.1, 0.15) is 0 Å². The van der Waals surface area contributed by atoms with Gasteiger partial charge in [0.25, 0.3) is 0 Å². The summed E-state index contributed by atoms with van der Waals surface area (Å²) in [6.45, 7) is 5.21. The lowest BCUT2D eigenvalue weighted by Gasteiger charge is -2.21. The number of rotatable bonds is 6. The molecule has 0 fully saturated rings. The number of hydrogen-bond acceptors (Lipinski definition) is 2. The van der Waals surface area contributed by atoms with Crippen LogP contribution in [0.15, 0.2) is 42.7 Å². The summed E-state index contributed by atoms with van der Waals surface area (Å²) in [5.41, 5.74) is 3.57. The van der Waals surface area contributed by atoms with E-state index in [0.717, 1.165) is 30.0 Å². The SMILES string of the molecule is CCCNC(Cc1ccncc1)c1cccc(C)c1Cl. The van der Waals surface area contributed by atoms with Crippen molar-refractivity contribution in [3.05, 3.63) is 64.4 Å². The van der Waals surface area contributed by atoms with Crippen molar-refractivity contribution in [1.82, 2.24) is 10.3 Å². The third kappa shape index (κ3) is 3.81. The summed E-state index contributed by atoms with van der Waals surface area (Å²) in [6.07, 6.45) is 5.70. The van der Waals surface area contributed by atoms with Crippen LogP contribution in [0.2, 0.25) is 5.02 Å². The highest BCUT2D eigenvalue weighted by Crippen LogP contribution is 2.28. The van der Waals surface area contributed by atoms with E-state index in [1.54, 1.807) is 0 Å². The largest absolute Gasteiger partial charge is 0.310 e. The fourth-order valence-electron chi connectivity index (χ4n) is 2.30. The van der Waals surface area contributed by atoms with Gasteiger partial charge in [-0.05, 0) is 55.1 Å². The maximum Gasteiger partial charge on any atom is 0.0483 e. The van der Waals surface area contributed by atoms with E-state index < -0.39 is 0 Å². The van der Waals surface area contributed by atoms with Crippen molar-refractivity contribution in [2.24, 2.45) is 0 Å². The second kappa shape index (κ2) is 7.41. The zero-order chi connectivity index (χ0) is 14.4. The highest BCUT2D eigenvalue weighted by molar-refractivity contribution is 6.32. The van der Waals surface area contributed by atoms with Gasteiger partial charge in [-0.3, -0.25) is 4.98 Å². The third-order valence-electron chi connectivity index (χ3n) is 3.43. The molecule has 1 N–H and O–H groups in total. The van der Waals surface area contributed by atoms with E-state index in [-0.39, 0.29) is 6.04 Å². The van der Waals surface area contributed by atoms with Crippen molar-refractivity contribution in [1.29, 1.82) is 0 Å². The Morgan fingerprint density at radius 1 is 1.20 bits per heavy atom. The quantitative estimate of drug-likeness (QED) is 0.856. The van der Waals surface area contributed by atoms with Crippen molar-refractivity contribution in [3.8, 4) is 0 Å². The van der Waals surface area contributed by atoms with E-state index in [4.69, 9.17) is 11.6 Å². The monoisotopic (exact) mass is 288 g/mol. The average molecular weight is 289 g/mol. The van der Waals surface area contributed by atoms with E-state index >= 15 is 0 Å². The van der Waals surface area contributed by atoms with Gasteiger partial charge >= 0.3 is 0 Å². The lowest BCUT2D eigenvalue weighted by Crippen LogP contribution is -2.24. The van der Waals surface area contributed by atoms with Crippen molar-refractivity contribution in [2.75, 3.05) is 6.54 Å². The molecule has 2 aromatic rings. The minimum Gasteiger partial charge on any atom is -0.310 e. The summed E-state index contributed by atoms with van der Waals surface area (Å²) in [5, 5.41) is 4.47. The number of benzene rings is 1. The number of pyridine rings is 1. The van der Waals surface area contributed by atoms with Gasteiger partial charge in [-0.2, -0.15) is 0 Å². The van der Waals surface area contributed by atoms with Crippen LogP contribution in [0.4, 0.5) is 0 Å². The summed E-state index contributed by atoms with van der Waals surface area (Å²) in [6, 6.07) is 10.6. The molecule has 1 atom stereocenters. The van der Waals surface area contributed by atoms with Crippen LogP contribution >= 0.6 is 11.6 Å². The van der Waals surface area contributed by atoms with E-state index in [1.165, 1.54) is 11.1 Å². The normalized spacial score (nSPS) is 12.3. The minimum absolute atomic E-state index is 0.241. The smallest absolute Gasteiger partial charge is 0.0483 e. The zero-order valence-electron chi connectivity index (χ0n) is 12.1. The lowest BCUT2D eigenvalue weighted by atomic mass is 9.98. The van der Waals surface area contributed by atoms with Gasteiger partial charge in [-0.15, -0.1) is 0 Å². The van der Waals surface area contributed by atoms with Gasteiger partial charge in [-0.1, -0.05) is 36.7 Å². The van der Waals surface area contributed by atoms with Crippen molar-refractivity contribution in [3.63, 3.8) is 0 Å². The van der Waals surface area contributed by atoms with Crippen LogP contribution in [0.5, 0.6) is 0 Å². The maximum absolute atomic E-state index is 6.48. The second-order valence-electron chi connectivity index (χ2n) is 5.04. The molecule has 1 unspecified atom stereocenters. The predicted octanol–water partition coefficient (Wildman–Crippen LogP) is 4.33.